The van der Waals surface area contributed by atoms with Crippen molar-refractivity contribution in [2.75, 3.05) is 0 Å². The second-order valence-electron chi connectivity index (χ2n) is 8.07. The van der Waals surface area contributed by atoms with Crippen molar-refractivity contribution in [3.05, 3.63) is 35.4 Å². The Morgan fingerprint density at radius 1 is 1.10 bits per heavy atom. The van der Waals surface area contributed by atoms with Gasteiger partial charge in [0.15, 0.2) is 0 Å². The number of aryl methyl sites for hydroxylation is 1. The van der Waals surface area contributed by atoms with Crippen LogP contribution in [0.5, 0.6) is 0 Å². The summed E-state index contributed by atoms with van der Waals surface area (Å²) in [4.78, 5) is 0. The van der Waals surface area contributed by atoms with Gasteiger partial charge in [-0.05, 0) is 56.4 Å². The van der Waals surface area contributed by atoms with Crippen molar-refractivity contribution >= 4 is 0 Å². The average molecular weight is 287 g/mol. The monoisotopic (exact) mass is 287 g/mol. The van der Waals surface area contributed by atoms with Crippen LogP contribution < -0.4 is 5.32 Å². The summed E-state index contributed by atoms with van der Waals surface area (Å²) in [5.74, 6) is 0.888. The van der Waals surface area contributed by atoms with Crippen LogP contribution in [0, 0.1) is 18.3 Å². The minimum Gasteiger partial charge on any atom is -0.307 e. The molecule has 1 aliphatic rings. The molecule has 0 aliphatic heterocycles. The molecule has 0 aromatic heterocycles. The highest BCUT2D eigenvalue weighted by Gasteiger charge is 2.28. The second-order valence-corrected chi connectivity index (χ2v) is 8.07. The third-order valence-electron chi connectivity index (χ3n) is 5.22. The smallest absolute Gasteiger partial charge is 0.0294 e. The van der Waals surface area contributed by atoms with E-state index >= 15 is 0 Å². The molecule has 1 heteroatoms. The van der Waals surface area contributed by atoms with Gasteiger partial charge in [-0.1, -0.05) is 57.0 Å². The maximum absolute atomic E-state index is 3.87. The molecule has 1 fully saturated rings. The molecule has 3 atom stereocenters. The third kappa shape index (κ3) is 4.85. The fourth-order valence-corrected chi connectivity index (χ4v) is 3.72. The zero-order valence-electron chi connectivity index (χ0n) is 14.6. The Balaban J connectivity index is 1.91. The van der Waals surface area contributed by atoms with Crippen LogP contribution in [0.25, 0.3) is 0 Å². The lowest BCUT2D eigenvalue weighted by atomic mass is 9.76. The van der Waals surface area contributed by atoms with Gasteiger partial charge in [-0.3, -0.25) is 0 Å². The van der Waals surface area contributed by atoms with Crippen LogP contribution in [0.3, 0.4) is 0 Å². The Hall–Kier alpha value is -0.820. The van der Waals surface area contributed by atoms with E-state index in [9.17, 15) is 0 Å². The molecule has 1 aromatic carbocycles. The summed E-state index contributed by atoms with van der Waals surface area (Å²) < 4.78 is 0. The van der Waals surface area contributed by atoms with Crippen molar-refractivity contribution in [3.63, 3.8) is 0 Å². The van der Waals surface area contributed by atoms with Crippen LogP contribution in [0.15, 0.2) is 24.3 Å². The minimum atomic E-state index is 0.459. The standard InChI is InChI=1S/C20H33N/c1-15-8-6-9-17(14-15)16(2)21-19-11-7-10-18(12-13-19)20(3,4)5/h6,8-9,14,16,18-19,21H,7,10-13H2,1-5H3/t16-,18?,19?/m1/s1. The summed E-state index contributed by atoms with van der Waals surface area (Å²) in [6, 6.07) is 10.1. The van der Waals surface area contributed by atoms with Gasteiger partial charge in [-0.15, -0.1) is 0 Å². The first-order valence-corrected chi connectivity index (χ1v) is 8.69. The lowest BCUT2D eigenvalue weighted by Gasteiger charge is -2.30. The lowest BCUT2D eigenvalue weighted by Crippen LogP contribution is -2.31. The van der Waals surface area contributed by atoms with Crippen LogP contribution in [-0.2, 0) is 0 Å². The summed E-state index contributed by atoms with van der Waals surface area (Å²) in [6.07, 6.45) is 6.82. The molecule has 0 radical (unpaired) electrons. The summed E-state index contributed by atoms with van der Waals surface area (Å²) in [5, 5.41) is 3.87. The highest BCUT2D eigenvalue weighted by Crippen LogP contribution is 2.37. The van der Waals surface area contributed by atoms with Crippen molar-refractivity contribution in [2.24, 2.45) is 11.3 Å². The van der Waals surface area contributed by atoms with Crippen LogP contribution in [0.1, 0.15) is 77.0 Å². The lowest BCUT2D eigenvalue weighted by molar-refractivity contribution is 0.213. The van der Waals surface area contributed by atoms with Gasteiger partial charge in [0, 0.05) is 12.1 Å². The van der Waals surface area contributed by atoms with Crippen molar-refractivity contribution in [1.82, 2.24) is 5.32 Å². The Kier molecular flexibility index (Phi) is 5.48. The maximum Gasteiger partial charge on any atom is 0.0294 e. The molecular formula is C20H33N. The summed E-state index contributed by atoms with van der Waals surface area (Å²) in [7, 11) is 0. The number of benzene rings is 1. The van der Waals surface area contributed by atoms with Gasteiger partial charge in [-0.2, -0.15) is 0 Å². The second kappa shape index (κ2) is 6.96. The van der Waals surface area contributed by atoms with Crippen molar-refractivity contribution in [3.8, 4) is 0 Å². The van der Waals surface area contributed by atoms with E-state index in [1.807, 2.05) is 0 Å². The van der Waals surface area contributed by atoms with Crippen molar-refractivity contribution in [2.45, 2.75) is 78.8 Å². The van der Waals surface area contributed by atoms with E-state index in [0.29, 0.717) is 17.5 Å². The van der Waals surface area contributed by atoms with Crippen LogP contribution in [0.4, 0.5) is 0 Å². The first-order chi connectivity index (χ1) is 9.86. The van der Waals surface area contributed by atoms with Gasteiger partial charge >= 0.3 is 0 Å². The molecule has 21 heavy (non-hydrogen) atoms. The SMILES string of the molecule is Cc1cccc([C@@H](C)NC2CCCC(C(C)(C)C)CC2)c1. The van der Waals surface area contributed by atoms with E-state index in [1.165, 1.54) is 43.2 Å². The molecule has 2 rings (SSSR count). The average Bonchev–Trinajstić information content (AvgIpc) is 2.64. The quantitative estimate of drug-likeness (QED) is 0.709. The number of nitrogens with one attached hydrogen (secondary N) is 1. The van der Waals surface area contributed by atoms with E-state index in [4.69, 9.17) is 0 Å². The highest BCUT2D eigenvalue weighted by atomic mass is 14.9. The van der Waals surface area contributed by atoms with Gasteiger partial charge in [0.2, 0.25) is 0 Å². The largest absolute Gasteiger partial charge is 0.307 e. The molecule has 0 saturated heterocycles. The first-order valence-electron chi connectivity index (χ1n) is 8.69. The third-order valence-corrected chi connectivity index (χ3v) is 5.22. The molecule has 2 unspecified atom stereocenters. The maximum atomic E-state index is 3.87. The fourth-order valence-electron chi connectivity index (χ4n) is 3.72. The Bertz CT molecular complexity index is 443. The zero-order chi connectivity index (χ0) is 15.5. The van der Waals surface area contributed by atoms with Crippen molar-refractivity contribution < 1.29 is 0 Å². The molecule has 0 bridgehead atoms. The van der Waals surface area contributed by atoms with Crippen LogP contribution in [-0.4, -0.2) is 6.04 Å². The summed E-state index contributed by atoms with van der Waals surface area (Å²) in [6.45, 7) is 11.7. The zero-order valence-corrected chi connectivity index (χ0v) is 14.6. The number of rotatable bonds is 3. The van der Waals surface area contributed by atoms with Gasteiger partial charge in [0.25, 0.3) is 0 Å². The minimum absolute atomic E-state index is 0.459. The molecule has 1 aromatic rings. The fraction of sp³-hybridized carbons (Fsp3) is 0.700. The topological polar surface area (TPSA) is 12.0 Å². The van der Waals surface area contributed by atoms with Crippen LogP contribution >= 0.6 is 0 Å². The molecule has 118 valence electrons. The number of hydrogen-bond acceptors (Lipinski definition) is 1. The molecule has 1 nitrogen and oxygen atoms in total. The van der Waals surface area contributed by atoms with E-state index in [1.54, 1.807) is 0 Å². The van der Waals surface area contributed by atoms with Gasteiger partial charge in [0.1, 0.15) is 0 Å². The van der Waals surface area contributed by atoms with E-state index in [-0.39, 0.29) is 0 Å². The first kappa shape index (κ1) is 16.5. The molecule has 1 N–H and O–H groups in total. The van der Waals surface area contributed by atoms with Crippen molar-refractivity contribution in [1.29, 1.82) is 0 Å². The molecule has 1 aliphatic carbocycles. The molecule has 0 amide bonds. The normalized spacial score (nSPS) is 25.4. The predicted molar refractivity (Wildman–Crippen MR) is 92.5 cm³/mol. The van der Waals surface area contributed by atoms with Crippen LogP contribution in [0.2, 0.25) is 0 Å². The summed E-state index contributed by atoms with van der Waals surface area (Å²) in [5.41, 5.74) is 3.25. The van der Waals surface area contributed by atoms with Gasteiger partial charge in [-0.25, -0.2) is 0 Å². The molecular weight excluding hydrogens is 254 g/mol. The Labute approximate surface area is 131 Å². The van der Waals surface area contributed by atoms with E-state index in [0.717, 1.165) is 5.92 Å². The van der Waals surface area contributed by atoms with Gasteiger partial charge in [0.05, 0.1) is 0 Å². The molecule has 1 saturated carbocycles. The van der Waals surface area contributed by atoms with E-state index in [2.05, 4.69) is 64.2 Å². The number of hydrogen-bond donors (Lipinski definition) is 1. The molecule has 0 heterocycles. The highest BCUT2D eigenvalue weighted by molar-refractivity contribution is 5.24. The van der Waals surface area contributed by atoms with Gasteiger partial charge < -0.3 is 5.32 Å². The van der Waals surface area contributed by atoms with E-state index < -0.39 is 0 Å². The Morgan fingerprint density at radius 3 is 2.52 bits per heavy atom. The summed E-state index contributed by atoms with van der Waals surface area (Å²) >= 11 is 0. The molecule has 0 spiro atoms. The predicted octanol–water partition coefficient (Wildman–Crippen LogP) is 5.64. The Morgan fingerprint density at radius 2 is 1.86 bits per heavy atom.